The zero-order valence-electron chi connectivity index (χ0n) is 18.5. The molecule has 1 N–H and O–H groups in total. The van der Waals surface area contributed by atoms with Gasteiger partial charge in [-0.25, -0.2) is 13.2 Å². The van der Waals surface area contributed by atoms with Gasteiger partial charge in [-0.2, -0.15) is 4.72 Å². The fourth-order valence-corrected chi connectivity index (χ4v) is 4.54. The highest BCUT2D eigenvalue weighted by Crippen LogP contribution is 2.27. The number of methoxy groups -OCH3 is 1. The Balaban J connectivity index is 2.11. The van der Waals surface area contributed by atoms with Crippen molar-refractivity contribution in [2.24, 2.45) is 0 Å². The first-order valence-corrected chi connectivity index (χ1v) is 11.7. The molecule has 8 heteroatoms. The van der Waals surface area contributed by atoms with Gasteiger partial charge < -0.3 is 9.47 Å². The molecule has 0 amide bonds. The lowest BCUT2D eigenvalue weighted by Gasteiger charge is -2.27. The summed E-state index contributed by atoms with van der Waals surface area (Å²) in [4.78, 5) is 25.5. The molecule has 3 aromatic carbocycles. The summed E-state index contributed by atoms with van der Waals surface area (Å²) in [6, 6.07) is 20.3. The second-order valence-electron chi connectivity index (χ2n) is 7.55. The minimum absolute atomic E-state index is 0.0229. The van der Waals surface area contributed by atoms with Gasteiger partial charge in [0.1, 0.15) is 0 Å². The van der Waals surface area contributed by atoms with Gasteiger partial charge in [-0.1, -0.05) is 77.9 Å². The number of hydrogen-bond donors (Lipinski definition) is 1. The third-order valence-corrected chi connectivity index (χ3v) is 6.48. The van der Waals surface area contributed by atoms with E-state index in [0.717, 1.165) is 18.2 Å². The van der Waals surface area contributed by atoms with Gasteiger partial charge in [-0.15, -0.1) is 0 Å². The van der Waals surface area contributed by atoms with Crippen molar-refractivity contribution in [1.82, 2.24) is 4.72 Å². The van der Waals surface area contributed by atoms with E-state index in [2.05, 4.69) is 9.46 Å². The van der Waals surface area contributed by atoms with Crippen molar-refractivity contribution in [1.29, 1.82) is 0 Å². The quantitative estimate of drug-likeness (QED) is 0.390. The van der Waals surface area contributed by atoms with Crippen LogP contribution < -0.4 is 4.72 Å². The molecule has 0 fully saturated rings. The third kappa shape index (κ3) is 6.06. The van der Waals surface area contributed by atoms with Gasteiger partial charge in [0.15, 0.2) is 6.10 Å². The first kappa shape index (κ1) is 24.2. The van der Waals surface area contributed by atoms with Crippen molar-refractivity contribution >= 4 is 22.0 Å². The Morgan fingerprint density at radius 2 is 1.52 bits per heavy atom. The van der Waals surface area contributed by atoms with Gasteiger partial charge in [0.25, 0.3) is 0 Å². The van der Waals surface area contributed by atoms with Crippen LogP contribution in [0.4, 0.5) is 4.79 Å². The normalized spacial score (nSPS) is 13.1. The van der Waals surface area contributed by atoms with Crippen LogP contribution in [0.1, 0.15) is 33.1 Å². The van der Waals surface area contributed by atoms with Crippen LogP contribution in [0.25, 0.3) is 0 Å². The van der Waals surface area contributed by atoms with E-state index in [4.69, 9.17) is 4.74 Å². The lowest BCUT2D eigenvalue weighted by Crippen LogP contribution is -2.43. The predicted molar refractivity (Wildman–Crippen MR) is 123 cm³/mol. The van der Waals surface area contributed by atoms with Crippen molar-refractivity contribution in [2.75, 3.05) is 7.11 Å². The number of sulfonamides is 1. The third-order valence-electron chi connectivity index (χ3n) is 5.02. The number of benzene rings is 3. The minimum atomic E-state index is -4.07. The number of aryl methyl sites for hydroxylation is 2. The van der Waals surface area contributed by atoms with Crippen LogP contribution in [0.5, 0.6) is 0 Å². The van der Waals surface area contributed by atoms with Gasteiger partial charge in [-0.3, -0.25) is 4.79 Å². The van der Waals surface area contributed by atoms with E-state index in [-0.39, 0.29) is 10.5 Å². The van der Waals surface area contributed by atoms with Crippen molar-refractivity contribution in [3.63, 3.8) is 0 Å². The fourth-order valence-electron chi connectivity index (χ4n) is 3.31. The molecule has 0 spiro atoms. The molecule has 0 saturated heterocycles. The lowest BCUT2D eigenvalue weighted by molar-refractivity contribution is 0.0236. The average molecular weight is 468 g/mol. The molecule has 0 radical (unpaired) electrons. The van der Waals surface area contributed by atoms with Crippen molar-refractivity contribution in [3.8, 4) is 0 Å². The molecule has 0 unspecified atom stereocenters. The van der Waals surface area contributed by atoms with Crippen LogP contribution in [-0.4, -0.2) is 33.6 Å². The maximum Gasteiger partial charge on any atom is 0.508 e. The number of ketones is 1. The van der Waals surface area contributed by atoms with E-state index >= 15 is 0 Å². The molecular formula is C25H25NO6S. The fraction of sp³-hybridized carbons (Fsp3) is 0.200. The van der Waals surface area contributed by atoms with Crippen LogP contribution in [0.15, 0.2) is 83.8 Å². The maximum absolute atomic E-state index is 13.4. The summed E-state index contributed by atoms with van der Waals surface area (Å²) in [7, 11) is -2.96. The largest absolute Gasteiger partial charge is 0.508 e. The summed E-state index contributed by atoms with van der Waals surface area (Å²) in [6.07, 6.45) is -2.61. The number of carbonyl (C=O) groups is 2. The van der Waals surface area contributed by atoms with E-state index in [0.29, 0.717) is 5.56 Å². The zero-order chi connectivity index (χ0) is 24.0. The zero-order valence-corrected chi connectivity index (χ0v) is 19.3. The van der Waals surface area contributed by atoms with Crippen LogP contribution >= 0.6 is 0 Å². The van der Waals surface area contributed by atoms with Crippen LogP contribution in [-0.2, 0) is 19.5 Å². The summed E-state index contributed by atoms with van der Waals surface area (Å²) in [6.45, 7) is 3.68. The summed E-state index contributed by atoms with van der Waals surface area (Å²) >= 11 is 0. The average Bonchev–Trinajstić information content (AvgIpc) is 2.81. The van der Waals surface area contributed by atoms with Gasteiger partial charge in [0.2, 0.25) is 15.8 Å². The molecular weight excluding hydrogens is 442 g/mol. The van der Waals surface area contributed by atoms with Gasteiger partial charge in [0.05, 0.1) is 18.0 Å². The smallest absolute Gasteiger partial charge is 0.438 e. The monoisotopic (exact) mass is 467 g/mol. The summed E-state index contributed by atoms with van der Waals surface area (Å²) < 4.78 is 39.0. The van der Waals surface area contributed by atoms with E-state index in [1.165, 1.54) is 12.1 Å². The Labute approximate surface area is 193 Å². The van der Waals surface area contributed by atoms with Gasteiger partial charge in [0, 0.05) is 5.56 Å². The number of hydrogen-bond acceptors (Lipinski definition) is 6. The molecule has 33 heavy (non-hydrogen) atoms. The van der Waals surface area contributed by atoms with Crippen molar-refractivity contribution in [3.05, 3.63) is 101 Å². The van der Waals surface area contributed by atoms with Crippen LogP contribution in [0, 0.1) is 13.8 Å². The first-order valence-electron chi connectivity index (χ1n) is 10.2. The molecule has 172 valence electrons. The highest BCUT2D eigenvalue weighted by molar-refractivity contribution is 7.89. The Morgan fingerprint density at radius 1 is 0.848 bits per heavy atom. The molecule has 0 saturated carbocycles. The molecule has 0 aliphatic rings. The first-order chi connectivity index (χ1) is 15.7. The molecule has 3 aromatic rings. The molecule has 3 rings (SSSR count). The second-order valence-corrected chi connectivity index (χ2v) is 9.26. The highest BCUT2D eigenvalue weighted by atomic mass is 32.2. The van der Waals surface area contributed by atoms with Crippen molar-refractivity contribution in [2.45, 2.75) is 30.9 Å². The molecule has 0 aromatic heterocycles. The van der Waals surface area contributed by atoms with E-state index < -0.39 is 34.1 Å². The topological polar surface area (TPSA) is 98.8 Å². The molecule has 2 atom stereocenters. The van der Waals surface area contributed by atoms with Crippen LogP contribution in [0.2, 0.25) is 0 Å². The highest BCUT2D eigenvalue weighted by Gasteiger charge is 2.37. The molecule has 7 nitrogen and oxygen atoms in total. The van der Waals surface area contributed by atoms with E-state index in [9.17, 15) is 18.0 Å². The second kappa shape index (κ2) is 10.4. The number of nitrogens with one attached hydrogen (secondary N) is 1. The molecule has 0 aliphatic carbocycles. The Hall–Kier alpha value is -3.49. The van der Waals surface area contributed by atoms with E-state index in [1.54, 1.807) is 60.7 Å². The predicted octanol–water partition coefficient (Wildman–Crippen LogP) is 4.36. The SMILES string of the molecule is COC(=O)O[C@H](C(=O)c1ccccc1)[C@@H](NS(=O)(=O)c1ccc(C)cc1)c1cccc(C)c1. The van der Waals surface area contributed by atoms with Gasteiger partial charge >= 0.3 is 6.16 Å². The summed E-state index contributed by atoms with van der Waals surface area (Å²) in [5.74, 6) is -0.570. The van der Waals surface area contributed by atoms with Gasteiger partial charge in [-0.05, 0) is 31.5 Å². The number of Topliss-reactive ketones (excluding diaryl/α,β-unsaturated/α-hetero) is 1. The number of ether oxygens (including phenoxy) is 2. The standard InChI is InChI=1S/C25H25NO6S/c1-17-12-14-21(15-13-17)33(29,30)26-22(20-11-7-8-18(2)16-20)24(32-25(28)31-3)23(27)19-9-5-4-6-10-19/h4-16,22,24,26H,1-3H3/t22-,24-/m0/s1. The number of carbonyl (C=O) groups excluding carboxylic acids is 2. The molecule has 0 bridgehead atoms. The minimum Gasteiger partial charge on any atom is -0.438 e. The Bertz CT molecular complexity index is 1220. The summed E-state index contributed by atoms with van der Waals surface area (Å²) in [5, 5.41) is 0. The number of rotatable bonds is 8. The van der Waals surface area contributed by atoms with Crippen LogP contribution in [0.3, 0.4) is 0 Å². The Kier molecular flexibility index (Phi) is 7.63. The maximum atomic E-state index is 13.4. The molecule has 0 heterocycles. The lowest BCUT2D eigenvalue weighted by atomic mass is 9.94. The molecule has 0 aliphatic heterocycles. The summed E-state index contributed by atoms with van der Waals surface area (Å²) in [5.41, 5.74) is 2.47. The van der Waals surface area contributed by atoms with Crippen molar-refractivity contribution < 1.29 is 27.5 Å². The Morgan fingerprint density at radius 3 is 2.12 bits per heavy atom. The van der Waals surface area contributed by atoms with E-state index in [1.807, 2.05) is 19.9 Å².